The summed E-state index contributed by atoms with van der Waals surface area (Å²) in [5.74, 6) is 1.57. The summed E-state index contributed by atoms with van der Waals surface area (Å²) in [6.45, 7) is 0.954. The summed E-state index contributed by atoms with van der Waals surface area (Å²) in [6, 6.07) is 8.43. The molecule has 1 aromatic heterocycles. The average molecular weight is 270 g/mol. The van der Waals surface area contributed by atoms with Crippen LogP contribution in [-0.2, 0) is 6.42 Å². The number of nitrogens with zero attached hydrogens (tertiary/aromatic N) is 1. The SMILES string of the molecule is COc1cc2c(cc1OC)C(c1ccncc1)NCC2. The van der Waals surface area contributed by atoms with Crippen molar-refractivity contribution in [2.45, 2.75) is 12.5 Å². The van der Waals surface area contributed by atoms with Gasteiger partial charge in [0.15, 0.2) is 11.5 Å². The van der Waals surface area contributed by atoms with Crippen LogP contribution >= 0.6 is 0 Å². The van der Waals surface area contributed by atoms with E-state index >= 15 is 0 Å². The maximum Gasteiger partial charge on any atom is 0.161 e. The number of rotatable bonds is 3. The molecule has 1 unspecified atom stereocenters. The summed E-state index contributed by atoms with van der Waals surface area (Å²) in [4.78, 5) is 4.08. The molecule has 0 saturated heterocycles. The minimum atomic E-state index is 0.182. The Morgan fingerprint density at radius 1 is 1.10 bits per heavy atom. The number of fused-ring (bicyclic) bond motifs is 1. The highest BCUT2D eigenvalue weighted by Gasteiger charge is 2.23. The van der Waals surface area contributed by atoms with Crippen molar-refractivity contribution in [1.82, 2.24) is 10.3 Å². The van der Waals surface area contributed by atoms with Crippen molar-refractivity contribution < 1.29 is 9.47 Å². The number of methoxy groups -OCH3 is 2. The van der Waals surface area contributed by atoms with E-state index in [2.05, 4.69) is 22.4 Å². The maximum absolute atomic E-state index is 5.42. The van der Waals surface area contributed by atoms with Crippen molar-refractivity contribution in [3.63, 3.8) is 0 Å². The zero-order valence-corrected chi connectivity index (χ0v) is 11.7. The first-order chi connectivity index (χ1) is 9.83. The standard InChI is InChI=1S/C16H18N2O2/c1-19-14-9-12-5-8-18-16(11-3-6-17-7-4-11)13(12)10-15(14)20-2/h3-4,6-7,9-10,16,18H,5,8H2,1-2H3. The Morgan fingerprint density at radius 3 is 2.50 bits per heavy atom. The van der Waals surface area contributed by atoms with Crippen molar-refractivity contribution in [3.05, 3.63) is 53.3 Å². The minimum absolute atomic E-state index is 0.182. The summed E-state index contributed by atoms with van der Waals surface area (Å²) in [7, 11) is 3.34. The lowest BCUT2D eigenvalue weighted by atomic mass is 9.90. The van der Waals surface area contributed by atoms with Gasteiger partial charge in [0.25, 0.3) is 0 Å². The molecule has 0 saturated carbocycles. The first-order valence-electron chi connectivity index (χ1n) is 6.71. The lowest BCUT2D eigenvalue weighted by molar-refractivity contribution is 0.353. The Balaban J connectivity index is 2.08. The van der Waals surface area contributed by atoms with Crippen molar-refractivity contribution in [1.29, 1.82) is 0 Å². The second-order valence-electron chi connectivity index (χ2n) is 4.82. The van der Waals surface area contributed by atoms with E-state index in [0.717, 1.165) is 24.5 Å². The van der Waals surface area contributed by atoms with Crippen LogP contribution in [0.25, 0.3) is 0 Å². The first kappa shape index (κ1) is 12.9. The average Bonchev–Trinajstić information content (AvgIpc) is 2.53. The largest absolute Gasteiger partial charge is 0.493 e. The smallest absolute Gasteiger partial charge is 0.161 e. The summed E-state index contributed by atoms with van der Waals surface area (Å²) >= 11 is 0. The molecular formula is C16H18N2O2. The quantitative estimate of drug-likeness (QED) is 0.929. The number of hydrogen-bond acceptors (Lipinski definition) is 4. The monoisotopic (exact) mass is 270 g/mol. The first-order valence-corrected chi connectivity index (χ1v) is 6.71. The molecule has 104 valence electrons. The molecule has 1 N–H and O–H groups in total. The molecule has 20 heavy (non-hydrogen) atoms. The predicted molar refractivity (Wildman–Crippen MR) is 77.3 cm³/mol. The normalized spacial score (nSPS) is 17.4. The molecule has 2 aromatic rings. The van der Waals surface area contributed by atoms with Crippen molar-refractivity contribution in [3.8, 4) is 11.5 Å². The van der Waals surface area contributed by atoms with Crippen LogP contribution in [0, 0.1) is 0 Å². The third kappa shape index (κ3) is 2.23. The number of hydrogen-bond donors (Lipinski definition) is 1. The van der Waals surface area contributed by atoms with E-state index in [1.807, 2.05) is 24.5 Å². The van der Waals surface area contributed by atoms with Crippen LogP contribution in [-0.4, -0.2) is 25.7 Å². The zero-order valence-electron chi connectivity index (χ0n) is 11.7. The second kappa shape index (κ2) is 5.51. The van der Waals surface area contributed by atoms with Gasteiger partial charge in [-0.3, -0.25) is 4.98 Å². The second-order valence-corrected chi connectivity index (χ2v) is 4.82. The summed E-state index contributed by atoms with van der Waals surface area (Å²) in [5, 5.41) is 3.56. The molecule has 1 aliphatic rings. The summed E-state index contributed by atoms with van der Waals surface area (Å²) < 4.78 is 10.8. The Kier molecular flexibility index (Phi) is 3.56. The van der Waals surface area contributed by atoms with E-state index in [1.165, 1.54) is 16.7 Å². The molecule has 2 heterocycles. The molecule has 0 aliphatic carbocycles. The Hall–Kier alpha value is -2.07. The van der Waals surface area contributed by atoms with Gasteiger partial charge in [-0.15, -0.1) is 0 Å². The lowest BCUT2D eigenvalue weighted by Crippen LogP contribution is -2.30. The van der Waals surface area contributed by atoms with E-state index in [4.69, 9.17) is 9.47 Å². The highest BCUT2D eigenvalue weighted by Crippen LogP contribution is 2.37. The molecule has 0 amide bonds. The topological polar surface area (TPSA) is 43.4 Å². The van der Waals surface area contributed by atoms with Gasteiger partial charge in [-0.05, 0) is 47.4 Å². The van der Waals surface area contributed by atoms with Gasteiger partial charge in [0.2, 0.25) is 0 Å². The minimum Gasteiger partial charge on any atom is -0.493 e. The maximum atomic E-state index is 5.42. The molecule has 0 bridgehead atoms. The summed E-state index contributed by atoms with van der Waals surface area (Å²) in [6.07, 6.45) is 4.65. The van der Waals surface area contributed by atoms with Gasteiger partial charge in [-0.1, -0.05) is 0 Å². The third-order valence-electron chi connectivity index (χ3n) is 3.74. The number of aromatic nitrogens is 1. The van der Waals surface area contributed by atoms with Gasteiger partial charge >= 0.3 is 0 Å². The van der Waals surface area contributed by atoms with Gasteiger partial charge in [-0.2, -0.15) is 0 Å². The van der Waals surface area contributed by atoms with Crippen molar-refractivity contribution >= 4 is 0 Å². The molecule has 0 radical (unpaired) electrons. The van der Waals surface area contributed by atoms with E-state index in [-0.39, 0.29) is 6.04 Å². The number of nitrogens with one attached hydrogen (secondary N) is 1. The molecule has 1 aromatic carbocycles. The Morgan fingerprint density at radius 2 is 1.80 bits per heavy atom. The van der Waals surface area contributed by atoms with Crippen molar-refractivity contribution in [2.75, 3.05) is 20.8 Å². The van der Waals surface area contributed by atoms with Gasteiger partial charge in [0.1, 0.15) is 0 Å². The van der Waals surface area contributed by atoms with Crippen LogP contribution in [0.1, 0.15) is 22.7 Å². The van der Waals surface area contributed by atoms with E-state index < -0.39 is 0 Å². The molecule has 1 aliphatic heterocycles. The number of pyridine rings is 1. The van der Waals surface area contributed by atoms with Crippen LogP contribution in [0.5, 0.6) is 11.5 Å². The van der Waals surface area contributed by atoms with Crippen LogP contribution in [0.4, 0.5) is 0 Å². The van der Waals surface area contributed by atoms with E-state index in [0.29, 0.717) is 0 Å². The van der Waals surface area contributed by atoms with Crippen molar-refractivity contribution in [2.24, 2.45) is 0 Å². The highest BCUT2D eigenvalue weighted by atomic mass is 16.5. The van der Waals surface area contributed by atoms with Gasteiger partial charge in [0, 0.05) is 18.9 Å². The summed E-state index contributed by atoms with van der Waals surface area (Å²) in [5.41, 5.74) is 3.77. The van der Waals surface area contributed by atoms with E-state index in [9.17, 15) is 0 Å². The molecule has 4 nitrogen and oxygen atoms in total. The zero-order chi connectivity index (χ0) is 13.9. The van der Waals surface area contributed by atoms with Crippen LogP contribution in [0.2, 0.25) is 0 Å². The van der Waals surface area contributed by atoms with E-state index in [1.54, 1.807) is 14.2 Å². The van der Waals surface area contributed by atoms with Gasteiger partial charge in [-0.25, -0.2) is 0 Å². The predicted octanol–water partition coefficient (Wildman–Crippen LogP) is 2.33. The molecule has 4 heteroatoms. The molecular weight excluding hydrogens is 252 g/mol. The Bertz CT molecular complexity index is 599. The van der Waals surface area contributed by atoms with Gasteiger partial charge in [0.05, 0.1) is 20.3 Å². The number of benzene rings is 1. The highest BCUT2D eigenvalue weighted by molar-refractivity contribution is 5.51. The fourth-order valence-electron chi connectivity index (χ4n) is 2.74. The lowest BCUT2D eigenvalue weighted by Gasteiger charge is -2.28. The fraction of sp³-hybridized carbons (Fsp3) is 0.312. The molecule has 0 spiro atoms. The third-order valence-corrected chi connectivity index (χ3v) is 3.74. The van der Waals surface area contributed by atoms with Gasteiger partial charge < -0.3 is 14.8 Å². The molecule has 1 atom stereocenters. The van der Waals surface area contributed by atoms with Crippen LogP contribution in [0.15, 0.2) is 36.7 Å². The van der Waals surface area contributed by atoms with Crippen LogP contribution in [0.3, 0.4) is 0 Å². The number of ether oxygens (including phenoxy) is 2. The fourth-order valence-corrected chi connectivity index (χ4v) is 2.74. The van der Waals surface area contributed by atoms with Crippen LogP contribution < -0.4 is 14.8 Å². The Labute approximate surface area is 118 Å². The molecule has 0 fully saturated rings. The molecule has 3 rings (SSSR count).